The minimum atomic E-state index is 0.659. The molecule has 0 aromatic carbocycles. The van der Waals surface area contributed by atoms with Crippen LogP contribution in [-0.2, 0) is 6.54 Å². The summed E-state index contributed by atoms with van der Waals surface area (Å²) in [6.45, 7) is 16.6. The molecule has 1 aromatic heterocycles. The first-order chi connectivity index (χ1) is 15.1. The molecule has 0 spiro atoms. The first-order valence-corrected chi connectivity index (χ1v) is 12.5. The molecule has 3 rings (SSSR count). The number of hydrogen-bond acceptors (Lipinski definition) is 5. The molecule has 1 unspecified atom stereocenters. The molecule has 31 heavy (non-hydrogen) atoms. The highest BCUT2D eigenvalue weighted by molar-refractivity contribution is 5.79. The van der Waals surface area contributed by atoms with E-state index in [4.69, 9.17) is 9.41 Å². The molecule has 0 radical (unpaired) electrons. The molecule has 2 aliphatic heterocycles. The molecule has 0 saturated carbocycles. The maximum absolute atomic E-state index is 5.75. The highest BCUT2D eigenvalue weighted by Crippen LogP contribution is 2.20. The first-order valence-electron chi connectivity index (χ1n) is 12.5. The first kappa shape index (κ1) is 24.1. The Hall–Kier alpha value is -1.60. The number of rotatable bonds is 9. The van der Waals surface area contributed by atoms with Crippen LogP contribution in [0.5, 0.6) is 0 Å². The van der Waals surface area contributed by atoms with Crippen molar-refractivity contribution >= 4 is 5.96 Å². The number of likely N-dealkylation sites (tertiary alicyclic amines) is 2. The number of aromatic nitrogens is 1. The summed E-state index contributed by atoms with van der Waals surface area (Å²) < 4.78 is 5.75. The van der Waals surface area contributed by atoms with Crippen LogP contribution in [0.2, 0.25) is 0 Å². The lowest BCUT2D eigenvalue weighted by atomic mass is 9.97. The molecule has 2 fully saturated rings. The predicted molar refractivity (Wildman–Crippen MR) is 127 cm³/mol. The normalized spacial score (nSPS) is 22.1. The average molecular weight is 433 g/mol. The Kier molecular flexibility index (Phi) is 9.65. The largest absolute Gasteiger partial charge is 0.444 e. The molecule has 0 aliphatic carbocycles. The highest BCUT2D eigenvalue weighted by atomic mass is 16.4. The fourth-order valence-corrected chi connectivity index (χ4v) is 4.82. The number of aryl methyl sites for hydroxylation is 2. The van der Waals surface area contributed by atoms with Gasteiger partial charge in [0.15, 0.2) is 5.96 Å². The molecule has 3 heterocycles. The molecular formula is C24H44N6O. The molecule has 0 amide bonds. The van der Waals surface area contributed by atoms with Crippen LogP contribution in [0.25, 0.3) is 0 Å². The topological polar surface area (TPSA) is 68.9 Å². The number of piperidine rings is 2. The van der Waals surface area contributed by atoms with E-state index in [-0.39, 0.29) is 0 Å². The maximum atomic E-state index is 5.75. The Bertz CT molecular complexity index is 660. The van der Waals surface area contributed by atoms with E-state index in [0.717, 1.165) is 75.2 Å². The maximum Gasteiger partial charge on any atom is 0.208 e. The Labute approximate surface area is 189 Å². The third-order valence-electron chi connectivity index (χ3n) is 6.90. The molecule has 1 atom stereocenters. The van der Waals surface area contributed by atoms with Gasteiger partial charge in [-0.25, -0.2) is 4.98 Å². The molecule has 7 nitrogen and oxygen atoms in total. The van der Waals surface area contributed by atoms with Gasteiger partial charge in [0.1, 0.15) is 5.76 Å². The van der Waals surface area contributed by atoms with Crippen LogP contribution in [0.3, 0.4) is 0 Å². The molecule has 0 bridgehead atoms. The van der Waals surface area contributed by atoms with Gasteiger partial charge in [-0.15, -0.1) is 0 Å². The van der Waals surface area contributed by atoms with Crippen LogP contribution in [0.4, 0.5) is 0 Å². The zero-order chi connectivity index (χ0) is 22.1. The Morgan fingerprint density at radius 1 is 1.10 bits per heavy atom. The molecule has 2 N–H and O–H groups in total. The van der Waals surface area contributed by atoms with Crippen LogP contribution < -0.4 is 10.6 Å². The van der Waals surface area contributed by atoms with Crippen molar-refractivity contribution in [3.8, 4) is 0 Å². The standard InChI is InChI=1S/C24H44N6O/c1-5-22-9-7-8-13-30(22)16-12-26-24(25-6-2)27-17-21-10-14-29(15-11-21)18-23-28-19(3)20(4)31-23/h21-22H,5-18H2,1-4H3,(H2,25,26,27). The third-order valence-corrected chi connectivity index (χ3v) is 6.90. The van der Waals surface area contributed by atoms with E-state index in [1.807, 2.05) is 13.8 Å². The molecule has 176 valence electrons. The number of aliphatic imine (C=N–C) groups is 1. The molecule has 7 heteroatoms. The second-order valence-electron chi connectivity index (χ2n) is 9.21. The van der Waals surface area contributed by atoms with E-state index in [2.05, 4.69) is 39.3 Å². The van der Waals surface area contributed by atoms with Crippen molar-refractivity contribution in [2.75, 3.05) is 45.8 Å². The smallest absolute Gasteiger partial charge is 0.208 e. The predicted octanol–water partition coefficient (Wildman–Crippen LogP) is 3.32. The lowest BCUT2D eigenvalue weighted by Crippen LogP contribution is -2.46. The van der Waals surface area contributed by atoms with E-state index in [9.17, 15) is 0 Å². The summed E-state index contributed by atoms with van der Waals surface area (Å²) in [5.41, 5.74) is 1.01. The summed E-state index contributed by atoms with van der Waals surface area (Å²) in [7, 11) is 0. The third kappa shape index (κ3) is 7.49. The van der Waals surface area contributed by atoms with Crippen molar-refractivity contribution in [3.63, 3.8) is 0 Å². The Morgan fingerprint density at radius 3 is 2.58 bits per heavy atom. The van der Waals surface area contributed by atoms with E-state index in [1.54, 1.807) is 0 Å². The van der Waals surface area contributed by atoms with Gasteiger partial charge in [0.2, 0.25) is 5.89 Å². The lowest BCUT2D eigenvalue weighted by Gasteiger charge is -2.35. The van der Waals surface area contributed by atoms with Gasteiger partial charge < -0.3 is 15.1 Å². The van der Waals surface area contributed by atoms with Crippen molar-refractivity contribution in [2.45, 2.75) is 78.8 Å². The minimum absolute atomic E-state index is 0.659. The van der Waals surface area contributed by atoms with Crippen LogP contribution in [0.15, 0.2) is 9.41 Å². The van der Waals surface area contributed by atoms with E-state index in [1.165, 1.54) is 45.1 Å². The zero-order valence-corrected chi connectivity index (χ0v) is 20.3. The summed E-state index contributed by atoms with van der Waals surface area (Å²) in [6.07, 6.45) is 7.74. The molecular weight excluding hydrogens is 388 g/mol. The summed E-state index contributed by atoms with van der Waals surface area (Å²) in [4.78, 5) is 14.5. The van der Waals surface area contributed by atoms with Gasteiger partial charge in [0, 0.05) is 32.2 Å². The molecule has 2 saturated heterocycles. The van der Waals surface area contributed by atoms with E-state index < -0.39 is 0 Å². The van der Waals surface area contributed by atoms with Gasteiger partial charge in [-0.3, -0.25) is 14.8 Å². The second kappa shape index (κ2) is 12.4. The van der Waals surface area contributed by atoms with Crippen molar-refractivity contribution in [3.05, 3.63) is 17.3 Å². The quantitative estimate of drug-likeness (QED) is 0.461. The second-order valence-corrected chi connectivity index (χ2v) is 9.21. The number of oxazole rings is 1. The van der Waals surface area contributed by atoms with Gasteiger partial charge in [-0.1, -0.05) is 13.3 Å². The Balaban J connectivity index is 1.38. The summed E-state index contributed by atoms with van der Waals surface area (Å²) >= 11 is 0. The van der Waals surface area contributed by atoms with Gasteiger partial charge in [-0.2, -0.15) is 0 Å². The minimum Gasteiger partial charge on any atom is -0.444 e. The Morgan fingerprint density at radius 2 is 1.90 bits per heavy atom. The molecule has 1 aromatic rings. The summed E-state index contributed by atoms with van der Waals surface area (Å²) in [5, 5.41) is 6.99. The number of hydrogen-bond donors (Lipinski definition) is 2. The average Bonchev–Trinajstić information content (AvgIpc) is 3.10. The van der Waals surface area contributed by atoms with Gasteiger partial charge in [0.25, 0.3) is 0 Å². The van der Waals surface area contributed by atoms with Gasteiger partial charge >= 0.3 is 0 Å². The van der Waals surface area contributed by atoms with Gasteiger partial charge in [-0.05, 0) is 78.4 Å². The number of guanidine groups is 1. The fourth-order valence-electron chi connectivity index (χ4n) is 4.82. The SMILES string of the molecule is CCNC(=NCC1CCN(Cc2nc(C)c(C)o2)CC1)NCCN1CCCCC1CC. The van der Waals surface area contributed by atoms with Crippen molar-refractivity contribution in [1.29, 1.82) is 0 Å². The van der Waals surface area contributed by atoms with Crippen LogP contribution >= 0.6 is 0 Å². The lowest BCUT2D eigenvalue weighted by molar-refractivity contribution is 0.147. The number of nitrogens with one attached hydrogen (secondary N) is 2. The molecule has 2 aliphatic rings. The zero-order valence-electron chi connectivity index (χ0n) is 20.3. The van der Waals surface area contributed by atoms with Crippen molar-refractivity contribution < 1.29 is 4.42 Å². The van der Waals surface area contributed by atoms with Gasteiger partial charge in [0.05, 0.1) is 12.2 Å². The summed E-state index contributed by atoms with van der Waals surface area (Å²) in [5.74, 6) is 3.42. The fraction of sp³-hybridized carbons (Fsp3) is 0.833. The summed E-state index contributed by atoms with van der Waals surface area (Å²) in [6, 6.07) is 0.768. The van der Waals surface area contributed by atoms with Crippen molar-refractivity contribution in [1.82, 2.24) is 25.4 Å². The number of nitrogens with zero attached hydrogens (tertiary/aromatic N) is 4. The van der Waals surface area contributed by atoms with E-state index in [0.29, 0.717) is 5.92 Å². The van der Waals surface area contributed by atoms with Crippen LogP contribution in [0.1, 0.15) is 69.7 Å². The highest BCUT2D eigenvalue weighted by Gasteiger charge is 2.22. The monoisotopic (exact) mass is 432 g/mol. The van der Waals surface area contributed by atoms with Crippen molar-refractivity contribution in [2.24, 2.45) is 10.9 Å². The van der Waals surface area contributed by atoms with Crippen LogP contribution in [-0.4, -0.2) is 72.6 Å². The van der Waals surface area contributed by atoms with E-state index >= 15 is 0 Å². The van der Waals surface area contributed by atoms with Crippen LogP contribution in [0, 0.1) is 19.8 Å².